The van der Waals surface area contributed by atoms with Gasteiger partial charge in [0.05, 0.1) is 0 Å². The van der Waals surface area contributed by atoms with Crippen LogP contribution in [-0.4, -0.2) is 4.98 Å². The van der Waals surface area contributed by atoms with E-state index in [0.717, 1.165) is 28.1 Å². The molecule has 2 nitrogen and oxygen atoms in total. The first kappa shape index (κ1) is 12.2. The van der Waals surface area contributed by atoms with E-state index in [4.69, 9.17) is 4.74 Å². The molecule has 4 aromatic carbocycles. The molecule has 1 N–H and O–H groups in total. The van der Waals surface area contributed by atoms with Crippen LogP contribution in [0.3, 0.4) is 0 Å². The molecule has 2 heterocycles. The Bertz CT molecular complexity index is 1270. The molecule has 2 heteroatoms. The Hall–Kier alpha value is -3.26. The molecule has 1 aliphatic heterocycles. The predicted molar refractivity (Wildman–Crippen MR) is 98.8 cm³/mol. The highest BCUT2D eigenvalue weighted by atomic mass is 16.5. The van der Waals surface area contributed by atoms with Gasteiger partial charge in [-0.15, -0.1) is 0 Å². The van der Waals surface area contributed by atoms with Gasteiger partial charge in [0.1, 0.15) is 11.5 Å². The van der Waals surface area contributed by atoms with Gasteiger partial charge in [0.2, 0.25) is 0 Å². The summed E-state index contributed by atoms with van der Waals surface area (Å²) in [7, 11) is 0. The monoisotopic (exact) mass is 307 g/mol. The number of ether oxygens (including phenoxy) is 1. The van der Waals surface area contributed by atoms with Crippen LogP contribution in [0.15, 0.2) is 72.8 Å². The van der Waals surface area contributed by atoms with Gasteiger partial charge in [-0.1, -0.05) is 48.5 Å². The molecule has 24 heavy (non-hydrogen) atoms. The van der Waals surface area contributed by atoms with Crippen molar-refractivity contribution in [3.05, 3.63) is 72.8 Å². The molecule has 0 bridgehead atoms. The van der Waals surface area contributed by atoms with Crippen LogP contribution in [0.4, 0.5) is 0 Å². The fourth-order valence-electron chi connectivity index (χ4n) is 3.91. The van der Waals surface area contributed by atoms with Gasteiger partial charge in [-0.25, -0.2) is 0 Å². The van der Waals surface area contributed by atoms with Crippen LogP contribution in [0.25, 0.3) is 43.7 Å². The normalized spacial score (nSPS) is 12.5. The third kappa shape index (κ3) is 1.45. The van der Waals surface area contributed by atoms with Crippen molar-refractivity contribution in [3.63, 3.8) is 0 Å². The molecule has 0 spiro atoms. The van der Waals surface area contributed by atoms with Crippen molar-refractivity contribution in [1.82, 2.24) is 4.98 Å². The van der Waals surface area contributed by atoms with Crippen molar-refractivity contribution in [2.45, 2.75) is 0 Å². The molecule has 1 aromatic heterocycles. The van der Waals surface area contributed by atoms with E-state index in [-0.39, 0.29) is 0 Å². The fraction of sp³-hybridized carbons (Fsp3) is 0. The van der Waals surface area contributed by atoms with Crippen molar-refractivity contribution >= 4 is 32.6 Å². The summed E-state index contributed by atoms with van der Waals surface area (Å²) in [6, 6.07) is 25.5. The highest BCUT2D eigenvalue weighted by Gasteiger charge is 2.21. The molecule has 5 aromatic rings. The maximum Gasteiger partial charge on any atom is 0.136 e. The van der Waals surface area contributed by atoms with Crippen molar-refractivity contribution < 1.29 is 4.74 Å². The van der Waals surface area contributed by atoms with E-state index in [1.807, 2.05) is 6.07 Å². The summed E-state index contributed by atoms with van der Waals surface area (Å²) in [6.45, 7) is 0. The minimum atomic E-state index is 0.929. The summed E-state index contributed by atoms with van der Waals surface area (Å²) in [5.74, 6) is 1.87. The second-order valence-electron chi connectivity index (χ2n) is 6.33. The number of nitrogens with one attached hydrogen (secondary N) is 1. The SMILES string of the molecule is c1cc2c3c(cccc3c1)-c1cc3[nH]c4ccccc4c3cc1O2. The summed E-state index contributed by atoms with van der Waals surface area (Å²) >= 11 is 0. The van der Waals surface area contributed by atoms with E-state index < -0.39 is 0 Å². The number of rotatable bonds is 0. The Morgan fingerprint density at radius 3 is 2.46 bits per heavy atom. The first-order valence-electron chi connectivity index (χ1n) is 8.13. The zero-order chi connectivity index (χ0) is 15.7. The largest absolute Gasteiger partial charge is 0.456 e. The van der Waals surface area contributed by atoms with Gasteiger partial charge in [-0.2, -0.15) is 0 Å². The Balaban J connectivity index is 1.77. The van der Waals surface area contributed by atoms with Crippen molar-refractivity contribution in [2.24, 2.45) is 0 Å². The first-order chi connectivity index (χ1) is 11.9. The van der Waals surface area contributed by atoms with Crippen LogP contribution >= 0.6 is 0 Å². The molecule has 112 valence electrons. The molecule has 0 saturated carbocycles. The second-order valence-corrected chi connectivity index (χ2v) is 6.33. The Kier molecular flexibility index (Phi) is 2.12. The number of hydrogen-bond donors (Lipinski definition) is 1. The van der Waals surface area contributed by atoms with Gasteiger partial charge in [-0.3, -0.25) is 0 Å². The lowest BCUT2D eigenvalue weighted by molar-refractivity contribution is 0.488. The molecular weight excluding hydrogens is 294 g/mol. The molecule has 1 aliphatic rings. The van der Waals surface area contributed by atoms with Crippen LogP contribution in [0.2, 0.25) is 0 Å². The van der Waals surface area contributed by atoms with Gasteiger partial charge in [0, 0.05) is 32.8 Å². The third-order valence-electron chi connectivity index (χ3n) is 4.98. The highest BCUT2D eigenvalue weighted by Crippen LogP contribution is 2.48. The van der Waals surface area contributed by atoms with Crippen LogP contribution in [0, 0.1) is 0 Å². The lowest BCUT2D eigenvalue weighted by Crippen LogP contribution is -1.96. The number of benzene rings is 4. The number of aromatic amines is 1. The van der Waals surface area contributed by atoms with Crippen LogP contribution in [0.1, 0.15) is 0 Å². The van der Waals surface area contributed by atoms with Gasteiger partial charge in [-0.05, 0) is 35.2 Å². The smallest absolute Gasteiger partial charge is 0.136 e. The van der Waals surface area contributed by atoms with E-state index in [0.29, 0.717) is 0 Å². The molecule has 0 amide bonds. The van der Waals surface area contributed by atoms with Crippen LogP contribution in [-0.2, 0) is 0 Å². The van der Waals surface area contributed by atoms with Crippen LogP contribution < -0.4 is 4.74 Å². The van der Waals surface area contributed by atoms with E-state index in [9.17, 15) is 0 Å². The number of fused-ring (bicyclic) bond motifs is 5. The van der Waals surface area contributed by atoms with E-state index in [2.05, 4.69) is 71.7 Å². The number of hydrogen-bond acceptors (Lipinski definition) is 1. The average molecular weight is 307 g/mol. The quantitative estimate of drug-likeness (QED) is 0.352. The predicted octanol–water partition coefficient (Wildman–Crippen LogP) is 6.25. The standard InChI is InChI=1S/C22H13NO/c1-2-9-18-14(7-1)16-12-21-17(11-19(16)23-18)15-8-3-5-13-6-4-10-20(24-21)22(13)15/h1-12,23H. The third-order valence-corrected chi connectivity index (χ3v) is 4.98. The topological polar surface area (TPSA) is 25.0 Å². The van der Waals surface area contributed by atoms with Crippen LogP contribution in [0.5, 0.6) is 11.5 Å². The van der Waals surface area contributed by atoms with Crippen molar-refractivity contribution in [1.29, 1.82) is 0 Å². The van der Waals surface area contributed by atoms with E-state index in [1.54, 1.807) is 0 Å². The molecule has 0 atom stereocenters. The maximum atomic E-state index is 6.26. The molecule has 6 rings (SSSR count). The fourth-order valence-corrected chi connectivity index (χ4v) is 3.91. The summed E-state index contributed by atoms with van der Waals surface area (Å²) in [6.07, 6.45) is 0. The van der Waals surface area contributed by atoms with Gasteiger partial charge in [0.15, 0.2) is 0 Å². The Morgan fingerprint density at radius 1 is 0.625 bits per heavy atom. The molecule has 0 aliphatic carbocycles. The molecule has 0 radical (unpaired) electrons. The average Bonchev–Trinajstić information content (AvgIpc) is 2.98. The molecule has 0 unspecified atom stereocenters. The molecular formula is C22H13NO. The number of para-hydroxylation sites is 1. The lowest BCUT2D eigenvalue weighted by Gasteiger charge is -2.21. The summed E-state index contributed by atoms with van der Waals surface area (Å²) in [4.78, 5) is 3.53. The number of aromatic nitrogens is 1. The summed E-state index contributed by atoms with van der Waals surface area (Å²) in [5, 5.41) is 4.85. The minimum Gasteiger partial charge on any atom is -0.456 e. The number of H-pyrrole nitrogens is 1. The first-order valence-corrected chi connectivity index (χ1v) is 8.13. The zero-order valence-electron chi connectivity index (χ0n) is 12.8. The Morgan fingerprint density at radius 2 is 1.50 bits per heavy atom. The lowest BCUT2D eigenvalue weighted by atomic mass is 9.94. The minimum absolute atomic E-state index is 0.929. The van der Waals surface area contributed by atoms with Gasteiger partial charge < -0.3 is 9.72 Å². The molecule has 0 fully saturated rings. The zero-order valence-corrected chi connectivity index (χ0v) is 12.8. The van der Waals surface area contributed by atoms with E-state index >= 15 is 0 Å². The summed E-state index contributed by atoms with van der Waals surface area (Å²) in [5.41, 5.74) is 4.70. The van der Waals surface area contributed by atoms with E-state index in [1.165, 1.54) is 27.1 Å². The summed E-state index contributed by atoms with van der Waals surface area (Å²) < 4.78 is 6.26. The van der Waals surface area contributed by atoms with Crippen molar-refractivity contribution in [3.8, 4) is 22.6 Å². The highest BCUT2D eigenvalue weighted by molar-refractivity contribution is 6.12. The maximum absolute atomic E-state index is 6.26. The van der Waals surface area contributed by atoms with Crippen molar-refractivity contribution in [2.75, 3.05) is 0 Å². The van der Waals surface area contributed by atoms with Gasteiger partial charge >= 0.3 is 0 Å². The second kappa shape index (κ2) is 4.18. The molecule has 0 saturated heterocycles. The Labute approximate surface area is 138 Å². The van der Waals surface area contributed by atoms with Gasteiger partial charge in [0.25, 0.3) is 0 Å².